The van der Waals surface area contributed by atoms with Crippen LogP contribution in [0.3, 0.4) is 0 Å². The fourth-order valence-electron chi connectivity index (χ4n) is 2.54. The maximum Gasteiger partial charge on any atom is 0.339 e. The molecule has 110 valence electrons. The molecule has 0 amide bonds. The van der Waals surface area contributed by atoms with Crippen molar-refractivity contribution in [1.29, 1.82) is 0 Å². The lowest BCUT2D eigenvalue weighted by atomic mass is 9.97. The highest BCUT2D eigenvalue weighted by molar-refractivity contribution is 5.77. The van der Waals surface area contributed by atoms with Crippen molar-refractivity contribution in [3.63, 3.8) is 0 Å². The third kappa shape index (κ3) is 6.76. The Morgan fingerprint density at radius 3 is 2.37 bits per heavy atom. The Balaban J connectivity index is 2.55. The SMILES string of the molecule is CCOC(=O)C(O)/C1=C/CCCCCCCCCC1. The zero-order valence-corrected chi connectivity index (χ0v) is 12.2. The minimum absolute atomic E-state index is 0.323. The van der Waals surface area contributed by atoms with E-state index in [-0.39, 0.29) is 0 Å². The van der Waals surface area contributed by atoms with E-state index in [0.717, 1.165) is 31.3 Å². The summed E-state index contributed by atoms with van der Waals surface area (Å²) < 4.78 is 4.90. The maximum atomic E-state index is 11.6. The van der Waals surface area contributed by atoms with E-state index in [0.29, 0.717) is 6.61 Å². The molecule has 0 spiro atoms. The van der Waals surface area contributed by atoms with Gasteiger partial charge in [0.1, 0.15) is 0 Å². The van der Waals surface area contributed by atoms with Crippen molar-refractivity contribution in [2.45, 2.75) is 77.2 Å². The zero-order chi connectivity index (χ0) is 13.9. The summed E-state index contributed by atoms with van der Waals surface area (Å²) in [5.41, 5.74) is 0.860. The molecule has 0 saturated heterocycles. The molecule has 0 fully saturated rings. The van der Waals surface area contributed by atoms with Crippen molar-refractivity contribution in [2.75, 3.05) is 6.61 Å². The van der Waals surface area contributed by atoms with Gasteiger partial charge >= 0.3 is 5.97 Å². The van der Waals surface area contributed by atoms with Gasteiger partial charge in [-0.1, -0.05) is 44.6 Å². The van der Waals surface area contributed by atoms with Crippen LogP contribution in [0, 0.1) is 0 Å². The fraction of sp³-hybridized carbons (Fsp3) is 0.812. The van der Waals surface area contributed by atoms with Crippen LogP contribution in [0.15, 0.2) is 11.6 Å². The predicted molar refractivity (Wildman–Crippen MR) is 76.9 cm³/mol. The Labute approximate surface area is 117 Å². The van der Waals surface area contributed by atoms with E-state index in [1.807, 2.05) is 0 Å². The lowest BCUT2D eigenvalue weighted by Gasteiger charge is -2.15. The Morgan fingerprint density at radius 1 is 1.16 bits per heavy atom. The van der Waals surface area contributed by atoms with Crippen molar-refractivity contribution in [1.82, 2.24) is 0 Å². The molecular formula is C16H28O3. The number of hydrogen-bond donors (Lipinski definition) is 1. The summed E-state index contributed by atoms with van der Waals surface area (Å²) in [7, 11) is 0. The number of allylic oxidation sites excluding steroid dienone is 1. The molecule has 0 saturated carbocycles. The van der Waals surface area contributed by atoms with Crippen LogP contribution in [0.1, 0.15) is 71.1 Å². The van der Waals surface area contributed by atoms with Gasteiger partial charge in [0.15, 0.2) is 6.10 Å². The van der Waals surface area contributed by atoms with Gasteiger partial charge in [-0.05, 0) is 38.2 Å². The summed E-state index contributed by atoms with van der Waals surface area (Å²) in [6.45, 7) is 2.09. The third-order valence-corrected chi connectivity index (χ3v) is 3.69. The molecule has 1 N–H and O–H groups in total. The van der Waals surface area contributed by atoms with Gasteiger partial charge in [0.05, 0.1) is 6.61 Å². The summed E-state index contributed by atoms with van der Waals surface area (Å²) in [6, 6.07) is 0. The van der Waals surface area contributed by atoms with Gasteiger partial charge in [-0.15, -0.1) is 0 Å². The molecule has 3 nitrogen and oxygen atoms in total. The van der Waals surface area contributed by atoms with Crippen LogP contribution in [0.4, 0.5) is 0 Å². The molecule has 1 rings (SSSR count). The lowest BCUT2D eigenvalue weighted by molar-refractivity contribution is -0.151. The topological polar surface area (TPSA) is 46.5 Å². The van der Waals surface area contributed by atoms with Crippen molar-refractivity contribution in [2.24, 2.45) is 0 Å². The fourth-order valence-corrected chi connectivity index (χ4v) is 2.54. The van der Waals surface area contributed by atoms with Gasteiger partial charge in [-0.2, -0.15) is 0 Å². The van der Waals surface area contributed by atoms with Crippen molar-refractivity contribution >= 4 is 5.97 Å². The minimum atomic E-state index is -1.05. The molecule has 1 unspecified atom stereocenters. The van der Waals surface area contributed by atoms with Crippen LogP contribution in [-0.4, -0.2) is 23.8 Å². The number of rotatable bonds is 3. The number of hydrogen-bond acceptors (Lipinski definition) is 3. The van der Waals surface area contributed by atoms with Crippen LogP contribution < -0.4 is 0 Å². The summed E-state index contributed by atoms with van der Waals surface area (Å²) in [4.78, 5) is 11.6. The van der Waals surface area contributed by atoms with Gasteiger partial charge in [0.2, 0.25) is 0 Å². The van der Waals surface area contributed by atoms with Crippen LogP contribution in [-0.2, 0) is 9.53 Å². The predicted octanol–water partition coefficient (Wildman–Crippen LogP) is 3.75. The first kappa shape index (κ1) is 16.2. The van der Waals surface area contributed by atoms with Crippen LogP contribution >= 0.6 is 0 Å². The van der Waals surface area contributed by atoms with Gasteiger partial charge in [-0.3, -0.25) is 0 Å². The highest BCUT2D eigenvalue weighted by Gasteiger charge is 2.20. The Hall–Kier alpha value is -0.830. The first-order chi connectivity index (χ1) is 9.25. The van der Waals surface area contributed by atoms with Crippen LogP contribution in [0.2, 0.25) is 0 Å². The summed E-state index contributed by atoms with van der Waals surface area (Å²) >= 11 is 0. The summed E-state index contributed by atoms with van der Waals surface area (Å²) in [5, 5.41) is 10.0. The van der Waals surface area contributed by atoms with Crippen LogP contribution in [0.5, 0.6) is 0 Å². The highest BCUT2D eigenvalue weighted by atomic mass is 16.5. The van der Waals surface area contributed by atoms with Gasteiger partial charge in [0, 0.05) is 0 Å². The van der Waals surface area contributed by atoms with Gasteiger partial charge < -0.3 is 9.84 Å². The molecule has 0 aliphatic heterocycles. The molecule has 0 aromatic rings. The van der Waals surface area contributed by atoms with Crippen molar-refractivity contribution in [3.8, 4) is 0 Å². The quantitative estimate of drug-likeness (QED) is 0.626. The molecule has 19 heavy (non-hydrogen) atoms. The number of carbonyl (C=O) groups excluding carboxylic acids is 1. The molecule has 0 bridgehead atoms. The number of aliphatic hydroxyl groups is 1. The number of ether oxygens (including phenoxy) is 1. The third-order valence-electron chi connectivity index (χ3n) is 3.69. The number of aliphatic hydroxyl groups excluding tert-OH is 1. The molecule has 1 atom stereocenters. The second kappa shape index (κ2) is 10.0. The molecule has 1 aliphatic carbocycles. The number of esters is 1. The average Bonchev–Trinajstić information content (AvgIpc) is 2.39. The summed E-state index contributed by atoms with van der Waals surface area (Å²) in [5.74, 6) is -0.499. The second-order valence-electron chi connectivity index (χ2n) is 5.30. The molecule has 0 heterocycles. The Morgan fingerprint density at radius 2 is 1.74 bits per heavy atom. The largest absolute Gasteiger partial charge is 0.464 e. The second-order valence-corrected chi connectivity index (χ2v) is 5.30. The number of carbonyl (C=O) groups is 1. The average molecular weight is 268 g/mol. The Bertz CT molecular complexity index is 284. The standard InChI is InChI=1S/C16H28O3/c1-2-19-16(18)15(17)14-12-10-8-6-4-3-5-7-9-11-13-14/h12,15,17H,2-11,13H2,1H3/b14-12+. The Kier molecular flexibility index (Phi) is 8.55. The van der Waals surface area contributed by atoms with Crippen LogP contribution in [0.25, 0.3) is 0 Å². The molecule has 0 aromatic heterocycles. The van der Waals surface area contributed by atoms with Crippen molar-refractivity contribution < 1.29 is 14.6 Å². The first-order valence-electron chi connectivity index (χ1n) is 7.79. The van der Waals surface area contributed by atoms with E-state index in [1.54, 1.807) is 6.92 Å². The van der Waals surface area contributed by atoms with E-state index in [9.17, 15) is 9.90 Å². The lowest BCUT2D eigenvalue weighted by Crippen LogP contribution is -2.25. The van der Waals surface area contributed by atoms with Gasteiger partial charge in [0.25, 0.3) is 0 Å². The minimum Gasteiger partial charge on any atom is -0.464 e. The monoisotopic (exact) mass is 268 g/mol. The zero-order valence-electron chi connectivity index (χ0n) is 12.2. The molecule has 0 radical (unpaired) electrons. The normalized spacial score (nSPS) is 23.4. The first-order valence-corrected chi connectivity index (χ1v) is 7.79. The highest BCUT2D eigenvalue weighted by Crippen LogP contribution is 2.19. The molecule has 1 aliphatic rings. The van der Waals surface area contributed by atoms with E-state index in [2.05, 4.69) is 6.08 Å². The van der Waals surface area contributed by atoms with Crippen molar-refractivity contribution in [3.05, 3.63) is 11.6 Å². The van der Waals surface area contributed by atoms with E-state index >= 15 is 0 Å². The maximum absolute atomic E-state index is 11.6. The summed E-state index contributed by atoms with van der Waals surface area (Å²) in [6.07, 6.45) is 12.7. The molecule has 0 aromatic carbocycles. The van der Waals surface area contributed by atoms with E-state index in [1.165, 1.54) is 38.5 Å². The van der Waals surface area contributed by atoms with E-state index in [4.69, 9.17) is 4.74 Å². The smallest absolute Gasteiger partial charge is 0.339 e. The molecular weight excluding hydrogens is 240 g/mol. The van der Waals surface area contributed by atoms with E-state index < -0.39 is 12.1 Å². The molecule has 3 heteroatoms. The van der Waals surface area contributed by atoms with Gasteiger partial charge in [-0.25, -0.2) is 4.79 Å².